The molecule has 0 bridgehead atoms. The van der Waals surface area contributed by atoms with E-state index in [0.29, 0.717) is 11.3 Å². The fraction of sp³-hybridized carbons (Fsp3) is 0.359. The summed E-state index contributed by atoms with van der Waals surface area (Å²) < 4.78 is 5.07. The molecule has 1 fully saturated rings. The first-order valence-electron chi connectivity index (χ1n) is 15.5. The van der Waals surface area contributed by atoms with E-state index < -0.39 is 0 Å². The van der Waals surface area contributed by atoms with Gasteiger partial charge in [0.1, 0.15) is 7.05 Å². The van der Waals surface area contributed by atoms with E-state index in [4.69, 9.17) is 0 Å². The quantitative estimate of drug-likeness (QED) is 0.112. The van der Waals surface area contributed by atoms with Crippen LogP contribution in [0.3, 0.4) is 0 Å². The van der Waals surface area contributed by atoms with E-state index in [-0.39, 0.29) is 5.41 Å². The lowest BCUT2D eigenvalue weighted by Gasteiger charge is -2.35. The van der Waals surface area contributed by atoms with Gasteiger partial charge in [0, 0.05) is 16.8 Å². The van der Waals surface area contributed by atoms with Gasteiger partial charge in [0.2, 0.25) is 5.52 Å². The second-order valence-electron chi connectivity index (χ2n) is 14.7. The molecule has 3 heterocycles. The predicted molar refractivity (Wildman–Crippen MR) is 176 cm³/mol. The third kappa shape index (κ3) is 3.34. The van der Waals surface area contributed by atoms with Crippen molar-refractivity contribution in [1.29, 1.82) is 0 Å². The van der Waals surface area contributed by atoms with Crippen LogP contribution in [-0.4, -0.2) is 4.40 Å². The molecule has 0 radical (unpaired) electrons. The maximum atomic E-state index is 2.69. The van der Waals surface area contributed by atoms with E-state index in [0.717, 1.165) is 0 Å². The van der Waals surface area contributed by atoms with Crippen LogP contribution in [0.25, 0.3) is 59.8 Å². The monoisotopic (exact) mass is 537 g/mol. The number of fused-ring (bicyclic) bond motifs is 7. The molecular formula is C39H41N2+. The smallest absolute Gasteiger partial charge is 0.224 e. The topological polar surface area (TPSA) is 8.29 Å². The number of rotatable bonds is 1. The highest BCUT2D eigenvalue weighted by Gasteiger charge is 2.34. The van der Waals surface area contributed by atoms with Gasteiger partial charge in [-0.1, -0.05) is 77.1 Å². The van der Waals surface area contributed by atoms with Gasteiger partial charge in [0.15, 0.2) is 6.20 Å². The average molecular weight is 538 g/mol. The fourth-order valence-electron chi connectivity index (χ4n) is 8.47. The SMILES string of the molecule is Cc1c2ccccc2c(C(C)(C)C)c2c1c1c3c(cc[n+]1C)cc(C1CCC(C)(C)CC1)c1c4ccccc4n2c13. The second kappa shape index (κ2) is 8.22. The number of aromatic nitrogens is 2. The third-order valence-corrected chi connectivity index (χ3v) is 10.5. The molecule has 2 nitrogen and oxygen atoms in total. The molecule has 1 aliphatic rings. The zero-order valence-electron chi connectivity index (χ0n) is 25.7. The first-order chi connectivity index (χ1) is 19.6. The number of para-hydroxylation sites is 1. The van der Waals surface area contributed by atoms with Crippen LogP contribution in [0.15, 0.2) is 66.9 Å². The van der Waals surface area contributed by atoms with Crippen LogP contribution in [0.4, 0.5) is 0 Å². The Labute approximate surface area is 242 Å². The summed E-state index contributed by atoms with van der Waals surface area (Å²) in [6.45, 7) is 14.4. The highest BCUT2D eigenvalue weighted by Crippen LogP contribution is 2.51. The Kier molecular flexibility index (Phi) is 5.03. The minimum atomic E-state index is -0.0361. The van der Waals surface area contributed by atoms with Crippen molar-refractivity contribution in [2.75, 3.05) is 0 Å². The van der Waals surface area contributed by atoms with Crippen molar-refractivity contribution < 1.29 is 4.57 Å². The molecule has 3 aromatic heterocycles. The molecule has 0 unspecified atom stereocenters. The summed E-state index contributed by atoms with van der Waals surface area (Å²) in [6, 6.07) is 23.3. The van der Waals surface area contributed by atoms with Gasteiger partial charge in [-0.15, -0.1) is 0 Å². The van der Waals surface area contributed by atoms with Crippen LogP contribution in [0.2, 0.25) is 0 Å². The molecule has 0 spiro atoms. The molecule has 1 aliphatic carbocycles. The van der Waals surface area contributed by atoms with Gasteiger partial charge in [0.25, 0.3) is 0 Å². The number of pyridine rings is 2. The Morgan fingerprint density at radius 2 is 1.46 bits per heavy atom. The molecular weight excluding hydrogens is 496 g/mol. The molecule has 41 heavy (non-hydrogen) atoms. The van der Waals surface area contributed by atoms with Crippen LogP contribution in [0.5, 0.6) is 0 Å². The number of benzene rings is 4. The van der Waals surface area contributed by atoms with Gasteiger partial charge >= 0.3 is 0 Å². The van der Waals surface area contributed by atoms with Crippen molar-refractivity contribution in [1.82, 2.24) is 4.40 Å². The Morgan fingerprint density at radius 3 is 2.17 bits per heavy atom. The standard InChI is InChI=1S/C39H41N2/c1-23-26-12-8-9-13-27(26)34(38(2,3)4)37-31(23)35-32-25(18-21-40(35)7)22-29(24-16-19-39(5,6)20-17-24)33-28-14-10-11-15-30(28)41(37)36(32)33/h8-15,18,21-22,24H,16-17,19-20H2,1-7H3/q+1. The van der Waals surface area contributed by atoms with Crippen molar-refractivity contribution in [3.63, 3.8) is 0 Å². The third-order valence-electron chi connectivity index (χ3n) is 10.5. The minimum absolute atomic E-state index is 0.0361. The molecule has 0 atom stereocenters. The van der Waals surface area contributed by atoms with Crippen molar-refractivity contribution in [2.24, 2.45) is 12.5 Å². The van der Waals surface area contributed by atoms with Crippen molar-refractivity contribution in [3.8, 4) is 0 Å². The molecule has 7 aromatic rings. The normalized spacial score (nSPS) is 16.9. The largest absolute Gasteiger partial charge is 0.307 e. The molecule has 2 heteroatoms. The van der Waals surface area contributed by atoms with Crippen molar-refractivity contribution in [2.45, 2.75) is 78.6 Å². The number of aryl methyl sites for hydroxylation is 2. The zero-order valence-corrected chi connectivity index (χ0v) is 25.7. The summed E-state index contributed by atoms with van der Waals surface area (Å²) in [6.07, 6.45) is 7.44. The maximum Gasteiger partial charge on any atom is 0.224 e. The molecule has 0 aliphatic heterocycles. The second-order valence-corrected chi connectivity index (χ2v) is 14.7. The molecule has 0 amide bonds. The van der Waals surface area contributed by atoms with Crippen molar-refractivity contribution >= 4 is 59.8 Å². The summed E-state index contributed by atoms with van der Waals surface area (Å²) in [5.41, 5.74) is 10.3. The predicted octanol–water partition coefficient (Wildman–Crippen LogP) is 10.3. The molecule has 0 saturated heterocycles. The van der Waals surface area contributed by atoms with Crippen LogP contribution < -0.4 is 4.57 Å². The number of hydrogen-bond donors (Lipinski definition) is 0. The van der Waals surface area contributed by atoms with Crippen LogP contribution in [0.1, 0.15) is 82.9 Å². The van der Waals surface area contributed by atoms with E-state index in [2.05, 4.69) is 124 Å². The van der Waals surface area contributed by atoms with Gasteiger partial charge in [-0.05, 0) is 94.3 Å². The molecule has 4 aromatic carbocycles. The van der Waals surface area contributed by atoms with Crippen LogP contribution >= 0.6 is 0 Å². The lowest BCUT2D eigenvalue weighted by molar-refractivity contribution is -0.643. The summed E-state index contributed by atoms with van der Waals surface area (Å²) in [7, 11) is 2.24. The van der Waals surface area contributed by atoms with E-state index in [9.17, 15) is 0 Å². The van der Waals surface area contributed by atoms with Gasteiger partial charge < -0.3 is 4.40 Å². The summed E-state index contributed by atoms with van der Waals surface area (Å²) in [5, 5.41) is 9.82. The molecule has 0 N–H and O–H groups in total. The first-order valence-corrected chi connectivity index (χ1v) is 15.5. The molecule has 206 valence electrons. The highest BCUT2D eigenvalue weighted by atomic mass is 15.0. The lowest BCUT2D eigenvalue weighted by atomic mass is 9.70. The maximum absolute atomic E-state index is 2.69. The number of nitrogens with zero attached hydrogens (tertiary/aromatic N) is 2. The minimum Gasteiger partial charge on any atom is -0.307 e. The molecule has 1 saturated carbocycles. The van der Waals surface area contributed by atoms with E-state index in [1.807, 2.05) is 0 Å². The Hall–Kier alpha value is -3.65. The van der Waals surface area contributed by atoms with E-state index in [1.54, 1.807) is 5.56 Å². The van der Waals surface area contributed by atoms with Crippen molar-refractivity contribution in [3.05, 3.63) is 83.6 Å². The molecule has 8 rings (SSSR count). The summed E-state index contributed by atoms with van der Waals surface area (Å²) in [5.74, 6) is 0.603. The summed E-state index contributed by atoms with van der Waals surface area (Å²) in [4.78, 5) is 0. The van der Waals surface area contributed by atoms with E-state index >= 15 is 0 Å². The summed E-state index contributed by atoms with van der Waals surface area (Å²) >= 11 is 0. The van der Waals surface area contributed by atoms with E-state index in [1.165, 1.54) is 96.6 Å². The van der Waals surface area contributed by atoms with Gasteiger partial charge in [-0.25, -0.2) is 4.57 Å². The number of hydrogen-bond acceptors (Lipinski definition) is 0. The lowest BCUT2D eigenvalue weighted by Crippen LogP contribution is -2.29. The van der Waals surface area contributed by atoms with Gasteiger partial charge in [-0.3, -0.25) is 0 Å². The Balaban J connectivity index is 1.70. The highest BCUT2D eigenvalue weighted by molar-refractivity contribution is 6.29. The van der Waals surface area contributed by atoms with Crippen LogP contribution in [-0.2, 0) is 12.5 Å². The Bertz CT molecular complexity index is 2170. The fourth-order valence-corrected chi connectivity index (χ4v) is 8.47. The Morgan fingerprint density at radius 1 is 0.805 bits per heavy atom. The van der Waals surface area contributed by atoms with Crippen LogP contribution in [0, 0.1) is 12.3 Å². The zero-order chi connectivity index (χ0) is 28.4. The van der Waals surface area contributed by atoms with Gasteiger partial charge in [0.05, 0.1) is 27.3 Å². The average Bonchev–Trinajstić information content (AvgIpc) is 3.28. The first kappa shape index (κ1) is 25.1. The van der Waals surface area contributed by atoms with Gasteiger partial charge in [-0.2, -0.15) is 0 Å².